The van der Waals surface area contributed by atoms with E-state index in [1.54, 1.807) is 0 Å². The van der Waals surface area contributed by atoms with Gasteiger partial charge in [0.25, 0.3) is 0 Å². The van der Waals surface area contributed by atoms with E-state index in [2.05, 4.69) is 30.7 Å². The molecule has 0 saturated carbocycles. The largest absolute Gasteiger partial charge is 0.466 e. The Hall–Kier alpha value is -2.10. The number of esters is 2. The number of methoxy groups -OCH3 is 2. The van der Waals surface area contributed by atoms with Crippen molar-refractivity contribution in [2.45, 2.75) is 6.18 Å². The molecule has 0 fully saturated rings. The molecule has 0 bridgehead atoms. The number of halogens is 5. The number of ether oxygens (including phenoxy) is 2. The topological polar surface area (TPSA) is 64.6 Å². The Bertz CT molecular complexity index is 658. The van der Waals surface area contributed by atoms with Gasteiger partial charge in [0.15, 0.2) is 0 Å². The molecule has 10 heteroatoms. The third kappa shape index (κ3) is 4.95. The van der Waals surface area contributed by atoms with Gasteiger partial charge in [0.05, 0.1) is 31.5 Å². The molecule has 0 aliphatic heterocycles. The maximum atomic E-state index is 13.4. The quantitative estimate of drug-likeness (QED) is 0.478. The van der Waals surface area contributed by atoms with Gasteiger partial charge in [0.1, 0.15) is 11.5 Å². The Morgan fingerprint density at radius 1 is 1.22 bits per heavy atom. The Kier molecular flexibility index (Phi) is 6.13. The summed E-state index contributed by atoms with van der Waals surface area (Å²) < 4.78 is 60.2. The molecule has 0 amide bonds. The minimum atomic E-state index is -4.93. The summed E-state index contributed by atoms with van der Waals surface area (Å²) in [6.07, 6.45) is -4.24. The fourth-order valence-electron chi connectivity index (χ4n) is 1.44. The molecule has 0 aromatic heterocycles. The SMILES string of the molecule is COC(=O)/C=C(/Nc1cc(C(F)(F)F)c(F)cc1Br)C(=O)OC. The van der Waals surface area contributed by atoms with Crippen LogP contribution >= 0.6 is 15.9 Å². The van der Waals surface area contributed by atoms with Crippen LogP contribution in [-0.4, -0.2) is 26.2 Å². The Morgan fingerprint density at radius 3 is 2.30 bits per heavy atom. The zero-order valence-corrected chi connectivity index (χ0v) is 13.3. The number of rotatable bonds is 4. The highest BCUT2D eigenvalue weighted by Crippen LogP contribution is 2.36. The van der Waals surface area contributed by atoms with E-state index in [-0.39, 0.29) is 10.2 Å². The predicted octanol–water partition coefficient (Wildman–Crippen LogP) is 3.25. The van der Waals surface area contributed by atoms with Crippen LogP contribution in [0.25, 0.3) is 0 Å². The highest BCUT2D eigenvalue weighted by atomic mass is 79.9. The van der Waals surface area contributed by atoms with Gasteiger partial charge in [-0.25, -0.2) is 14.0 Å². The fourth-order valence-corrected chi connectivity index (χ4v) is 1.85. The van der Waals surface area contributed by atoms with Crippen molar-refractivity contribution in [1.82, 2.24) is 0 Å². The van der Waals surface area contributed by atoms with E-state index in [1.165, 1.54) is 0 Å². The van der Waals surface area contributed by atoms with Gasteiger partial charge in [-0.3, -0.25) is 0 Å². The Balaban J connectivity index is 3.31. The molecule has 0 unspecified atom stereocenters. The number of hydrogen-bond donors (Lipinski definition) is 1. The maximum Gasteiger partial charge on any atom is 0.419 e. The van der Waals surface area contributed by atoms with Gasteiger partial charge in [-0.1, -0.05) is 0 Å². The van der Waals surface area contributed by atoms with Crippen molar-refractivity contribution in [1.29, 1.82) is 0 Å². The average Bonchev–Trinajstić information content (AvgIpc) is 2.46. The van der Waals surface area contributed by atoms with Crippen LogP contribution in [-0.2, 0) is 25.2 Å². The first kappa shape index (κ1) is 18.9. The summed E-state index contributed by atoms with van der Waals surface area (Å²) in [5, 5.41) is 2.28. The molecular weight excluding hydrogens is 390 g/mol. The second kappa shape index (κ2) is 7.44. The van der Waals surface area contributed by atoms with Crippen LogP contribution in [0.15, 0.2) is 28.4 Å². The fraction of sp³-hybridized carbons (Fsp3) is 0.231. The molecule has 0 aliphatic carbocycles. The molecule has 0 atom stereocenters. The van der Waals surface area contributed by atoms with Gasteiger partial charge in [0.2, 0.25) is 0 Å². The van der Waals surface area contributed by atoms with E-state index in [9.17, 15) is 27.2 Å². The van der Waals surface area contributed by atoms with Gasteiger partial charge in [0, 0.05) is 4.47 Å². The minimum Gasteiger partial charge on any atom is -0.466 e. The first-order valence-corrected chi connectivity index (χ1v) is 6.60. The first-order chi connectivity index (χ1) is 10.6. The lowest BCUT2D eigenvalue weighted by Crippen LogP contribution is -2.17. The van der Waals surface area contributed by atoms with E-state index in [4.69, 9.17) is 0 Å². The predicted molar refractivity (Wildman–Crippen MR) is 74.8 cm³/mol. The molecule has 1 aromatic rings. The summed E-state index contributed by atoms with van der Waals surface area (Å²) >= 11 is 2.87. The van der Waals surface area contributed by atoms with Crippen LogP contribution in [0.4, 0.5) is 23.2 Å². The Labute approximate surface area is 136 Å². The zero-order chi connectivity index (χ0) is 17.8. The summed E-state index contributed by atoms with van der Waals surface area (Å²) in [4.78, 5) is 22.8. The standard InChI is InChI=1S/C13H10BrF4NO4/c1-22-11(20)5-10(12(21)23-2)19-9-3-6(13(16,17)18)8(15)4-7(9)14/h3-5,19H,1-2H3/b10-5+. The summed E-state index contributed by atoms with van der Waals surface area (Å²) in [7, 11) is 2.05. The summed E-state index contributed by atoms with van der Waals surface area (Å²) in [5.74, 6) is -3.46. The molecule has 126 valence electrons. The van der Waals surface area contributed by atoms with Crippen molar-refractivity contribution in [3.8, 4) is 0 Å². The van der Waals surface area contributed by atoms with Crippen LogP contribution in [0.5, 0.6) is 0 Å². The normalized spacial score (nSPS) is 11.9. The Morgan fingerprint density at radius 2 is 1.83 bits per heavy atom. The first-order valence-electron chi connectivity index (χ1n) is 5.81. The highest BCUT2D eigenvalue weighted by Gasteiger charge is 2.35. The van der Waals surface area contributed by atoms with Gasteiger partial charge < -0.3 is 14.8 Å². The van der Waals surface area contributed by atoms with Crippen LogP contribution in [0.3, 0.4) is 0 Å². The number of carbonyl (C=O) groups excluding carboxylic acids is 2. The van der Waals surface area contributed by atoms with Crippen LogP contribution < -0.4 is 5.32 Å². The third-order valence-corrected chi connectivity index (χ3v) is 3.16. The molecular formula is C13H10BrF4NO4. The molecule has 0 aliphatic rings. The van der Waals surface area contributed by atoms with Gasteiger partial charge in [-0.05, 0) is 28.1 Å². The second-order valence-electron chi connectivity index (χ2n) is 4.01. The average molecular weight is 400 g/mol. The summed E-state index contributed by atoms with van der Waals surface area (Å²) in [6.45, 7) is 0. The lowest BCUT2D eigenvalue weighted by molar-refractivity contribution is -0.140. The van der Waals surface area contributed by atoms with Crippen molar-refractivity contribution < 1.29 is 36.6 Å². The van der Waals surface area contributed by atoms with Crippen molar-refractivity contribution in [2.75, 3.05) is 19.5 Å². The van der Waals surface area contributed by atoms with Gasteiger partial charge >= 0.3 is 18.1 Å². The summed E-state index contributed by atoms with van der Waals surface area (Å²) in [5.41, 5.74) is -2.32. The summed E-state index contributed by atoms with van der Waals surface area (Å²) in [6, 6.07) is 1.03. The number of nitrogens with one attached hydrogen (secondary N) is 1. The van der Waals surface area contributed by atoms with E-state index in [1.807, 2.05) is 0 Å². The lowest BCUT2D eigenvalue weighted by Gasteiger charge is -2.14. The monoisotopic (exact) mass is 399 g/mol. The van der Waals surface area contributed by atoms with Crippen LogP contribution in [0.1, 0.15) is 5.56 Å². The third-order valence-electron chi connectivity index (χ3n) is 2.50. The van der Waals surface area contributed by atoms with E-state index >= 15 is 0 Å². The minimum absolute atomic E-state index is 0.0948. The molecule has 1 N–H and O–H groups in total. The molecule has 0 saturated heterocycles. The van der Waals surface area contributed by atoms with Crippen LogP contribution in [0, 0.1) is 5.82 Å². The van der Waals surface area contributed by atoms with E-state index < -0.39 is 35.2 Å². The van der Waals surface area contributed by atoms with Gasteiger partial charge in [-0.2, -0.15) is 13.2 Å². The number of alkyl halides is 3. The van der Waals surface area contributed by atoms with Crippen molar-refractivity contribution in [3.63, 3.8) is 0 Å². The van der Waals surface area contributed by atoms with Crippen molar-refractivity contribution >= 4 is 33.6 Å². The lowest BCUT2D eigenvalue weighted by atomic mass is 10.1. The number of hydrogen-bond acceptors (Lipinski definition) is 5. The van der Waals surface area contributed by atoms with Crippen molar-refractivity contribution in [3.05, 3.63) is 39.8 Å². The molecule has 0 spiro atoms. The number of carbonyl (C=O) groups is 2. The van der Waals surface area contributed by atoms with Crippen LogP contribution in [0.2, 0.25) is 0 Å². The molecule has 0 heterocycles. The van der Waals surface area contributed by atoms with Crippen molar-refractivity contribution in [2.24, 2.45) is 0 Å². The molecule has 1 aromatic carbocycles. The van der Waals surface area contributed by atoms with E-state index in [0.717, 1.165) is 14.2 Å². The highest BCUT2D eigenvalue weighted by molar-refractivity contribution is 9.10. The molecule has 0 radical (unpaired) electrons. The number of anilines is 1. The molecule has 1 rings (SSSR count). The van der Waals surface area contributed by atoms with Gasteiger partial charge in [-0.15, -0.1) is 0 Å². The smallest absolute Gasteiger partial charge is 0.419 e. The van der Waals surface area contributed by atoms with E-state index in [0.29, 0.717) is 18.2 Å². The second-order valence-corrected chi connectivity index (χ2v) is 4.86. The number of benzene rings is 1. The zero-order valence-electron chi connectivity index (χ0n) is 11.8. The maximum absolute atomic E-state index is 13.4. The molecule has 5 nitrogen and oxygen atoms in total. The molecule has 23 heavy (non-hydrogen) atoms.